The fraction of sp³-hybridized carbons (Fsp3) is 0.429. The Bertz CT molecular complexity index is 287. The van der Waals surface area contributed by atoms with Gasteiger partial charge in [-0.3, -0.25) is 0 Å². The lowest BCUT2D eigenvalue weighted by Crippen LogP contribution is -2.04. The molecule has 0 aliphatic rings. The van der Waals surface area contributed by atoms with Crippen LogP contribution in [0.25, 0.3) is 0 Å². The van der Waals surface area contributed by atoms with Gasteiger partial charge in [0.25, 0.3) is 0 Å². The summed E-state index contributed by atoms with van der Waals surface area (Å²) in [7, 11) is 0. The molecule has 0 saturated carbocycles. The van der Waals surface area contributed by atoms with Gasteiger partial charge in [-0.05, 0) is 18.4 Å². The fourth-order valence-electron chi connectivity index (χ4n) is 1.24. The minimum atomic E-state index is 0.188. The standard InChI is InChI=1S/C14H20O/c1-12(2)9-10-13(3)15-11-14-7-5-4-6-8-14/h4-10,12-13H,11H2,1-3H3/b10-9+/t13-/m0/s1. The molecule has 82 valence electrons. The summed E-state index contributed by atoms with van der Waals surface area (Å²) in [5.74, 6) is 0.591. The molecule has 0 spiro atoms. The van der Waals surface area contributed by atoms with Crippen molar-refractivity contribution in [1.82, 2.24) is 0 Å². The number of ether oxygens (including phenoxy) is 1. The zero-order valence-electron chi connectivity index (χ0n) is 9.81. The lowest BCUT2D eigenvalue weighted by Gasteiger charge is -2.09. The fourth-order valence-corrected chi connectivity index (χ4v) is 1.24. The number of allylic oxidation sites excluding steroid dienone is 1. The predicted molar refractivity (Wildman–Crippen MR) is 64.7 cm³/mol. The summed E-state index contributed by atoms with van der Waals surface area (Å²) in [5.41, 5.74) is 1.22. The number of rotatable bonds is 5. The van der Waals surface area contributed by atoms with E-state index in [2.05, 4.69) is 45.1 Å². The average molecular weight is 204 g/mol. The topological polar surface area (TPSA) is 9.23 Å². The maximum absolute atomic E-state index is 5.69. The number of benzene rings is 1. The highest BCUT2D eigenvalue weighted by atomic mass is 16.5. The molecule has 0 unspecified atom stereocenters. The maximum atomic E-state index is 5.69. The SMILES string of the molecule is CC(C)/C=C/[C@H](C)OCc1ccccc1. The zero-order valence-corrected chi connectivity index (χ0v) is 9.81. The monoisotopic (exact) mass is 204 g/mol. The molecule has 0 aromatic heterocycles. The second kappa shape index (κ2) is 6.41. The summed E-state index contributed by atoms with van der Waals surface area (Å²) in [6.45, 7) is 7.09. The second-order valence-electron chi connectivity index (χ2n) is 4.13. The van der Waals surface area contributed by atoms with Crippen LogP contribution in [0.2, 0.25) is 0 Å². The summed E-state index contributed by atoms with van der Waals surface area (Å²) >= 11 is 0. The van der Waals surface area contributed by atoms with Crippen LogP contribution in [0.5, 0.6) is 0 Å². The Morgan fingerprint density at radius 3 is 2.33 bits per heavy atom. The molecule has 1 aromatic rings. The molecular formula is C14H20O. The van der Waals surface area contributed by atoms with Crippen LogP contribution < -0.4 is 0 Å². The van der Waals surface area contributed by atoms with Crippen molar-refractivity contribution in [2.24, 2.45) is 5.92 Å². The molecule has 1 atom stereocenters. The van der Waals surface area contributed by atoms with E-state index in [4.69, 9.17) is 4.74 Å². The van der Waals surface area contributed by atoms with E-state index in [9.17, 15) is 0 Å². The largest absolute Gasteiger partial charge is 0.370 e. The minimum Gasteiger partial charge on any atom is -0.370 e. The third-order valence-electron chi connectivity index (χ3n) is 2.12. The Hall–Kier alpha value is -1.08. The van der Waals surface area contributed by atoms with Crippen molar-refractivity contribution in [1.29, 1.82) is 0 Å². The van der Waals surface area contributed by atoms with Crippen LogP contribution >= 0.6 is 0 Å². The predicted octanol–water partition coefficient (Wildman–Crippen LogP) is 3.80. The quantitative estimate of drug-likeness (QED) is 0.663. The molecule has 0 radical (unpaired) electrons. The van der Waals surface area contributed by atoms with Crippen LogP contribution in [0.1, 0.15) is 26.3 Å². The molecule has 0 N–H and O–H groups in total. The smallest absolute Gasteiger partial charge is 0.0732 e. The van der Waals surface area contributed by atoms with Crippen molar-refractivity contribution in [3.05, 3.63) is 48.0 Å². The summed E-state index contributed by atoms with van der Waals surface area (Å²) in [4.78, 5) is 0. The summed E-state index contributed by atoms with van der Waals surface area (Å²) in [6, 6.07) is 10.3. The van der Waals surface area contributed by atoms with Gasteiger partial charge in [0.05, 0.1) is 12.7 Å². The molecule has 0 bridgehead atoms. The lowest BCUT2D eigenvalue weighted by molar-refractivity contribution is 0.0837. The highest BCUT2D eigenvalue weighted by molar-refractivity contribution is 5.13. The number of hydrogen-bond donors (Lipinski definition) is 0. The Morgan fingerprint density at radius 2 is 1.73 bits per heavy atom. The van der Waals surface area contributed by atoms with Gasteiger partial charge in [-0.1, -0.05) is 56.3 Å². The molecule has 15 heavy (non-hydrogen) atoms. The summed E-state index contributed by atoms with van der Waals surface area (Å²) in [6.07, 6.45) is 4.48. The van der Waals surface area contributed by atoms with Gasteiger partial charge in [-0.25, -0.2) is 0 Å². The van der Waals surface area contributed by atoms with Gasteiger partial charge < -0.3 is 4.74 Å². The van der Waals surface area contributed by atoms with Crippen molar-refractivity contribution >= 4 is 0 Å². The van der Waals surface area contributed by atoms with Gasteiger partial charge >= 0.3 is 0 Å². The molecule has 1 heteroatoms. The van der Waals surface area contributed by atoms with Crippen LogP contribution in [0.15, 0.2) is 42.5 Å². The van der Waals surface area contributed by atoms with Crippen molar-refractivity contribution in [2.45, 2.75) is 33.5 Å². The van der Waals surface area contributed by atoms with Gasteiger partial charge in [-0.2, -0.15) is 0 Å². The van der Waals surface area contributed by atoms with E-state index in [1.807, 2.05) is 18.2 Å². The van der Waals surface area contributed by atoms with Crippen LogP contribution in [0.4, 0.5) is 0 Å². The van der Waals surface area contributed by atoms with Gasteiger partial charge in [-0.15, -0.1) is 0 Å². The van der Waals surface area contributed by atoms with E-state index >= 15 is 0 Å². The third-order valence-corrected chi connectivity index (χ3v) is 2.12. The third kappa shape index (κ3) is 5.38. The van der Waals surface area contributed by atoms with Gasteiger partial charge in [0.1, 0.15) is 0 Å². The first-order valence-corrected chi connectivity index (χ1v) is 5.52. The Kier molecular flexibility index (Phi) is 5.13. The first-order chi connectivity index (χ1) is 7.18. The van der Waals surface area contributed by atoms with Crippen LogP contribution in [0, 0.1) is 5.92 Å². The van der Waals surface area contributed by atoms with E-state index in [0.717, 1.165) is 0 Å². The van der Waals surface area contributed by atoms with Crippen LogP contribution in [-0.4, -0.2) is 6.10 Å². The van der Waals surface area contributed by atoms with E-state index in [1.165, 1.54) is 5.56 Å². The molecule has 0 heterocycles. The van der Waals surface area contributed by atoms with Crippen molar-refractivity contribution in [2.75, 3.05) is 0 Å². The first-order valence-electron chi connectivity index (χ1n) is 5.52. The highest BCUT2D eigenvalue weighted by Gasteiger charge is 1.97. The molecule has 0 amide bonds. The van der Waals surface area contributed by atoms with E-state index in [1.54, 1.807) is 0 Å². The van der Waals surface area contributed by atoms with E-state index < -0.39 is 0 Å². The Balaban J connectivity index is 2.31. The van der Waals surface area contributed by atoms with Gasteiger partial charge in [0, 0.05) is 0 Å². The van der Waals surface area contributed by atoms with Crippen molar-refractivity contribution in [3.8, 4) is 0 Å². The minimum absolute atomic E-state index is 0.188. The number of hydrogen-bond acceptors (Lipinski definition) is 1. The van der Waals surface area contributed by atoms with Gasteiger partial charge in [0.15, 0.2) is 0 Å². The Morgan fingerprint density at radius 1 is 1.07 bits per heavy atom. The zero-order chi connectivity index (χ0) is 11.1. The van der Waals surface area contributed by atoms with Crippen molar-refractivity contribution in [3.63, 3.8) is 0 Å². The maximum Gasteiger partial charge on any atom is 0.0732 e. The summed E-state index contributed by atoms with van der Waals surface area (Å²) in [5, 5.41) is 0. The van der Waals surface area contributed by atoms with E-state index in [-0.39, 0.29) is 6.10 Å². The molecular weight excluding hydrogens is 184 g/mol. The average Bonchev–Trinajstić information content (AvgIpc) is 2.25. The summed E-state index contributed by atoms with van der Waals surface area (Å²) < 4.78 is 5.69. The van der Waals surface area contributed by atoms with Crippen molar-refractivity contribution < 1.29 is 4.74 Å². The molecule has 1 nitrogen and oxygen atoms in total. The normalized spacial score (nSPS) is 13.6. The molecule has 1 rings (SSSR count). The molecule has 0 aliphatic heterocycles. The van der Waals surface area contributed by atoms with E-state index in [0.29, 0.717) is 12.5 Å². The molecule has 0 aliphatic carbocycles. The first kappa shape index (κ1) is 12.0. The second-order valence-corrected chi connectivity index (χ2v) is 4.13. The molecule has 0 saturated heterocycles. The van der Waals surface area contributed by atoms with Crippen LogP contribution in [-0.2, 0) is 11.3 Å². The van der Waals surface area contributed by atoms with Crippen LogP contribution in [0.3, 0.4) is 0 Å². The van der Waals surface area contributed by atoms with Gasteiger partial charge in [0.2, 0.25) is 0 Å². The molecule has 0 fully saturated rings. The Labute approximate surface area is 92.8 Å². The molecule has 1 aromatic carbocycles. The highest BCUT2D eigenvalue weighted by Crippen LogP contribution is 2.05. The lowest BCUT2D eigenvalue weighted by atomic mass is 10.2.